The van der Waals surface area contributed by atoms with E-state index in [4.69, 9.17) is 9.72 Å². The average Bonchev–Trinajstić information content (AvgIpc) is 3.43. The molecule has 1 amide bonds. The Balaban J connectivity index is 1.22. The molecule has 204 valence electrons. The fraction of sp³-hybridized carbons (Fsp3) is 0.286. The second kappa shape index (κ2) is 10.4. The summed E-state index contributed by atoms with van der Waals surface area (Å²) in [6.07, 6.45) is 2.01. The van der Waals surface area contributed by atoms with Crippen LogP contribution in [-0.2, 0) is 4.79 Å². The number of anilines is 3. The van der Waals surface area contributed by atoms with E-state index in [9.17, 15) is 9.18 Å². The zero-order valence-electron chi connectivity index (χ0n) is 22.3. The minimum absolute atomic E-state index is 0.0985. The van der Waals surface area contributed by atoms with E-state index in [2.05, 4.69) is 42.5 Å². The van der Waals surface area contributed by atoms with Gasteiger partial charge in [0.25, 0.3) is 0 Å². The first-order valence-electron chi connectivity index (χ1n) is 13.1. The third kappa shape index (κ3) is 4.83. The Bertz CT molecular complexity index is 1720. The maximum atomic E-state index is 14.3. The van der Waals surface area contributed by atoms with Crippen LogP contribution in [0.15, 0.2) is 48.8 Å². The summed E-state index contributed by atoms with van der Waals surface area (Å²) in [7, 11) is 0. The highest BCUT2D eigenvalue weighted by atomic mass is 19.1. The molecule has 11 nitrogen and oxygen atoms in total. The number of ether oxygens (including phenoxy) is 1. The van der Waals surface area contributed by atoms with E-state index in [-0.39, 0.29) is 17.5 Å². The number of aromatic nitrogens is 6. The second-order valence-corrected chi connectivity index (χ2v) is 9.80. The fourth-order valence-electron chi connectivity index (χ4n) is 4.99. The highest BCUT2D eigenvalue weighted by Crippen LogP contribution is 2.32. The Morgan fingerprint density at radius 1 is 1.10 bits per heavy atom. The maximum absolute atomic E-state index is 14.3. The number of benzene rings is 2. The summed E-state index contributed by atoms with van der Waals surface area (Å²) < 4.78 is 20.2. The van der Waals surface area contributed by atoms with E-state index < -0.39 is 5.82 Å². The van der Waals surface area contributed by atoms with Gasteiger partial charge in [-0.05, 0) is 49.7 Å². The number of nitrogens with zero attached hydrogens (tertiary/aromatic N) is 7. The van der Waals surface area contributed by atoms with Crippen molar-refractivity contribution in [1.82, 2.24) is 35.3 Å². The van der Waals surface area contributed by atoms with E-state index in [1.54, 1.807) is 6.07 Å². The van der Waals surface area contributed by atoms with Crippen LogP contribution >= 0.6 is 0 Å². The zero-order valence-corrected chi connectivity index (χ0v) is 22.3. The molecule has 1 saturated heterocycles. The van der Waals surface area contributed by atoms with Gasteiger partial charge in [-0.25, -0.2) is 19.3 Å². The minimum Gasteiger partial charge on any atom is -0.457 e. The Morgan fingerprint density at radius 2 is 1.98 bits per heavy atom. The van der Waals surface area contributed by atoms with Crippen molar-refractivity contribution in [2.45, 2.75) is 33.2 Å². The normalized spacial score (nSPS) is 15.6. The highest BCUT2D eigenvalue weighted by molar-refractivity contribution is 5.88. The standard InChI is InChI=1S/C28H28FN9O2/c1-4-25(39)38-10-9-37(14-17(38)3)24-8-6-21-27(33-24)28(31-15-30-21)32-18-5-7-23(16(2)11-18)40-19-12-20(29)26-22(13-19)34-36-35-26/h5-8,11-13,15,17H,4,9-10,14H2,1-3H3,(H,30,31,32)(H,34,35,36)/t17-/m1/s1. The molecule has 0 bridgehead atoms. The molecule has 3 aromatic heterocycles. The number of aromatic amines is 1. The first kappa shape index (κ1) is 25.4. The molecule has 1 aliphatic heterocycles. The predicted octanol–water partition coefficient (Wildman–Crippen LogP) is 4.73. The van der Waals surface area contributed by atoms with E-state index in [0.29, 0.717) is 54.4 Å². The predicted molar refractivity (Wildman–Crippen MR) is 149 cm³/mol. The molecule has 4 heterocycles. The number of H-pyrrole nitrogens is 1. The molecule has 0 spiro atoms. The van der Waals surface area contributed by atoms with Crippen molar-refractivity contribution in [1.29, 1.82) is 0 Å². The molecule has 1 fully saturated rings. The van der Waals surface area contributed by atoms with Gasteiger partial charge in [-0.2, -0.15) is 15.4 Å². The monoisotopic (exact) mass is 541 g/mol. The Labute approximate surface area is 229 Å². The molecule has 40 heavy (non-hydrogen) atoms. The number of carbonyl (C=O) groups excluding carboxylic acids is 1. The third-order valence-corrected chi connectivity index (χ3v) is 7.06. The lowest BCUT2D eigenvalue weighted by molar-refractivity contribution is -0.133. The van der Waals surface area contributed by atoms with Crippen LogP contribution in [0.4, 0.5) is 21.7 Å². The summed E-state index contributed by atoms with van der Waals surface area (Å²) in [5.74, 6) is 1.97. The van der Waals surface area contributed by atoms with Crippen LogP contribution < -0.4 is 15.0 Å². The first-order valence-corrected chi connectivity index (χ1v) is 13.1. The van der Waals surface area contributed by atoms with Gasteiger partial charge in [0.05, 0.1) is 5.52 Å². The summed E-state index contributed by atoms with van der Waals surface area (Å²) >= 11 is 0. The maximum Gasteiger partial charge on any atom is 0.222 e. The molecule has 0 saturated carbocycles. The number of hydrogen-bond acceptors (Lipinski definition) is 9. The number of halogens is 1. The average molecular weight is 542 g/mol. The Hall–Kier alpha value is -4.87. The molecule has 0 aliphatic carbocycles. The molecule has 1 aliphatic rings. The van der Waals surface area contributed by atoms with Crippen LogP contribution in [-0.4, -0.2) is 66.8 Å². The molecule has 12 heteroatoms. The number of piperazine rings is 1. The topological polar surface area (TPSA) is 125 Å². The van der Waals surface area contributed by atoms with E-state index in [1.807, 2.05) is 49.1 Å². The summed E-state index contributed by atoms with van der Waals surface area (Å²) in [5.41, 5.74) is 3.55. The number of pyridine rings is 1. The van der Waals surface area contributed by atoms with Crippen LogP contribution in [0.2, 0.25) is 0 Å². The molecular formula is C28H28FN9O2. The van der Waals surface area contributed by atoms with Gasteiger partial charge in [0.1, 0.15) is 40.2 Å². The van der Waals surface area contributed by atoms with Gasteiger partial charge in [0.15, 0.2) is 11.6 Å². The van der Waals surface area contributed by atoms with Crippen LogP contribution in [0.1, 0.15) is 25.8 Å². The van der Waals surface area contributed by atoms with Crippen LogP contribution in [0.3, 0.4) is 0 Å². The van der Waals surface area contributed by atoms with Gasteiger partial charge in [-0.1, -0.05) is 6.92 Å². The summed E-state index contributed by atoms with van der Waals surface area (Å²) in [6.45, 7) is 7.94. The summed E-state index contributed by atoms with van der Waals surface area (Å²) in [6, 6.07) is 12.5. The van der Waals surface area contributed by atoms with Crippen molar-refractivity contribution in [2.24, 2.45) is 0 Å². The van der Waals surface area contributed by atoms with E-state index in [0.717, 1.165) is 22.6 Å². The van der Waals surface area contributed by atoms with Crippen molar-refractivity contribution >= 4 is 45.3 Å². The largest absolute Gasteiger partial charge is 0.457 e. The molecule has 1 atom stereocenters. The van der Waals surface area contributed by atoms with E-state index >= 15 is 0 Å². The molecule has 2 aromatic carbocycles. The Kier molecular flexibility index (Phi) is 6.58. The van der Waals surface area contributed by atoms with Gasteiger partial charge < -0.3 is 19.9 Å². The molecule has 2 N–H and O–H groups in total. The van der Waals surface area contributed by atoms with Crippen molar-refractivity contribution in [3.8, 4) is 11.5 Å². The molecule has 0 unspecified atom stereocenters. The second-order valence-electron chi connectivity index (χ2n) is 9.80. The first-order chi connectivity index (χ1) is 19.4. The zero-order chi connectivity index (χ0) is 27.8. The van der Waals surface area contributed by atoms with Crippen molar-refractivity contribution in [2.75, 3.05) is 29.9 Å². The van der Waals surface area contributed by atoms with Gasteiger partial charge >= 0.3 is 0 Å². The quantitative estimate of drug-likeness (QED) is 0.314. The number of amides is 1. The molecular weight excluding hydrogens is 513 g/mol. The number of aryl methyl sites for hydroxylation is 1. The van der Waals surface area contributed by atoms with Crippen LogP contribution in [0.5, 0.6) is 11.5 Å². The smallest absolute Gasteiger partial charge is 0.222 e. The third-order valence-electron chi connectivity index (χ3n) is 7.06. The fourth-order valence-corrected chi connectivity index (χ4v) is 4.99. The van der Waals surface area contributed by atoms with Gasteiger partial charge in [-0.3, -0.25) is 4.79 Å². The number of hydrogen-bond donors (Lipinski definition) is 2. The minimum atomic E-state index is -0.509. The molecule has 0 radical (unpaired) electrons. The van der Waals surface area contributed by atoms with Gasteiger partial charge in [0, 0.05) is 49.9 Å². The molecule has 6 rings (SSSR count). The van der Waals surface area contributed by atoms with Crippen molar-refractivity contribution in [3.63, 3.8) is 0 Å². The lowest BCUT2D eigenvalue weighted by atomic mass is 10.1. The summed E-state index contributed by atoms with van der Waals surface area (Å²) in [5, 5.41) is 13.5. The molecule has 5 aromatic rings. The summed E-state index contributed by atoms with van der Waals surface area (Å²) in [4.78, 5) is 30.1. The van der Waals surface area contributed by atoms with Gasteiger partial charge in [0.2, 0.25) is 5.91 Å². The van der Waals surface area contributed by atoms with Crippen molar-refractivity contribution < 1.29 is 13.9 Å². The van der Waals surface area contributed by atoms with Crippen molar-refractivity contribution in [3.05, 3.63) is 60.2 Å². The van der Waals surface area contributed by atoms with Crippen LogP contribution in [0, 0.1) is 12.7 Å². The highest BCUT2D eigenvalue weighted by Gasteiger charge is 2.27. The van der Waals surface area contributed by atoms with Crippen LogP contribution in [0.25, 0.3) is 22.1 Å². The lowest BCUT2D eigenvalue weighted by Crippen LogP contribution is -2.54. The lowest BCUT2D eigenvalue weighted by Gasteiger charge is -2.40. The number of rotatable bonds is 6. The number of nitrogens with one attached hydrogen (secondary N) is 2. The number of fused-ring (bicyclic) bond motifs is 2. The Morgan fingerprint density at radius 3 is 2.77 bits per heavy atom. The SMILES string of the molecule is CCC(=O)N1CCN(c2ccc3ncnc(Nc4ccc(Oc5cc(F)c6n[nH]nc6c5)c(C)c4)c3n2)C[C@H]1C. The van der Waals surface area contributed by atoms with Gasteiger partial charge in [-0.15, -0.1) is 0 Å². The number of carbonyl (C=O) groups is 1. The van der Waals surface area contributed by atoms with E-state index in [1.165, 1.54) is 12.4 Å².